The van der Waals surface area contributed by atoms with Crippen LogP contribution in [-0.2, 0) is 19.7 Å². The van der Waals surface area contributed by atoms with Crippen LogP contribution in [-0.4, -0.2) is 37.2 Å². The van der Waals surface area contributed by atoms with Crippen LogP contribution in [0.1, 0.15) is 51.0 Å². The molecule has 1 aromatic rings. The van der Waals surface area contributed by atoms with Crippen LogP contribution in [0, 0.1) is 5.41 Å². The van der Waals surface area contributed by atoms with E-state index < -0.39 is 16.8 Å². The molecule has 1 aliphatic carbocycles. The van der Waals surface area contributed by atoms with Gasteiger partial charge in [-0.15, -0.1) is 0 Å². The van der Waals surface area contributed by atoms with Gasteiger partial charge in [0.15, 0.2) is 0 Å². The summed E-state index contributed by atoms with van der Waals surface area (Å²) < 4.78 is 5.18. The van der Waals surface area contributed by atoms with Crippen LogP contribution < -0.4 is 5.32 Å². The third-order valence-electron chi connectivity index (χ3n) is 5.72. The van der Waals surface area contributed by atoms with Crippen LogP contribution in [0.5, 0.6) is 0 Å². The van der Waals surface area contributed by atoms with Gasteiger partial charge in [0.25, 0.3) is 0 Å². The first kappa shape index (κ1) is 19.4. The molecule has 0 aliphatic heterocycles. The average molecular weight is 347 g/mol. The lowest BCUT2D eigenvalue weighted by Gasteiger charge is -2.32. The number of ether oxygens (including phenoxy) is 1. The van der Waals surface area contributed by atoms with Crippen molar-refractivity contribution in [1.82, 2.24) is 5.32 Å². The van der Waals surface area contributed by atoms with E-state index in [9.17, 15) is 14.7 Å². The Bertz CT molecular complexity index is 581. The second kappa shape index (κ2) is 8.48. The smallest absolute Gasteiger partial charge is 0.315 e. The zero-order chi connectivity index (χ0) is 18.3. The van der Waals surface area contributed by atoms with E-state index in [4.69, 9.17) is 4.74 Å². The minimum atomic E-state index is -1.10. The third kappa shape index (κ3) is 4.03. The number of amides is 1. The second-order valence-corrected chi connectivity index (χ2v) is 7.02. The molecule has 1 atom stereocenters. The molecular formula is C20H29NO4. The van der Waals surface area contributed by atoms with Crippen molar-refractivity contribution in [3.8, 4) is 0 Å². The number of aliphatic carboxylic acids is 1. The van der Waals surface area contributed by atoms with Gasteiger partial charge in [-0.2, -0.15) is 0 Å². The molecule has 1 aromatic carbocycles. The predicted molar refractivity (Wildman–Crippen MR) is 96.5 cm³/mol. The van der Waals surface area contributed by atoms with E-state index in [1.54, 1.807) is 7.11 Å². The average Bonchev–Trinajstić information content (AvgIpc) is 3.11. The summed E-state index contributed by atoms with van der Waals surface area (Å²) in [7, 11) is 1.64. The Morgan fingerprint density at radius 1 is 1.24 bits per heavy atom. The molecule has 138 valence electrons. The monoisotopic (exact) mass is 347 g/mol. The first-order valence-electron chi connectivity index (χ1n) is 9.07. The summed E-state index contributed by atoms with van der Waals surface area (Å²) >= 11 is 0. The summed E-state index contributed by atoms with van der Waals surface area (Å²) in [5.74, 6) is -0.934. The summed E-state index contributed by atoms with van der Waals surface area (Å²) in [6.07, 6.45) is 4.87. The quantitative estimate of drug-likeness (QED) is 0.719. The number of hydrogen-bond donors (Lipinski definition) is 2. The molecular weight excluding hydrogens is 318 g/mol. The molecule has 0 saturated heterocycles. The van der Waals surface area contributed by atoms with Gasteiger partial charge >= 0.3 is 5.97 Å². The lowest BCUT2D eigenvalue weighted by molar-refractivity contribution is -0.144. The van der Waals surface area contributed by atoms with Gasteiger partial charge in [0, 0.05) is 20.3 Å². The molecule has 1 saturated carbocycles. The molecule has 0 spiro atoms. The molecule has 5 nitrogen and oxygen atoms in total. The lowest BCUT2D eigenvalue weighted by atomic mass is 9.77. The third-order valence-corrected chi connectivity index (χ3v) is 5.72. The molecule has 0 heterocycles. The van der Waals surface area contributed by atoms with E-state index in [0.29, 0.717) is 19.4 Å². The predicted octanol–water partition coefficient (Wildman–Crippen LogP) is 3.13. The number of nitrogens with one attached hydrogen (secondary N) is 1. The number of carbonyl (C=O) groups is 2. The summed E-state index contributed by atoms with van der Waals surface area (Å²) in [6, 6.07) is 9.17. The summed E-state index contributed by atoms with van der Waals surface area (Å²) in [5.41, 5.74) is -0.787. The van der Waals surface area contributed by atoms with Gasteiger partial charge in [0.2, 0.25) is 5.91 Å². The van der Waals surface area contributed by atoms with Crippen LogP contribution in [0.3, 0.4) is 0 Å². The minimum Gasteiger partial charge on any atom is -0.481 e. The zero-order valence-corrected chi connectivity index (χ0v) is 15.2. The van der Waals surface area contributed by atoms with Crippen LogP contribution in [0.4, 0.5) is 0 Å². The SMILES string of the molecule is CCC(CNC(=O)C1(CCOC)CCCC1)(C(=O)O)c1ccccc1. The van der Waals surface area contributed by atoms with Crippen molar-refractivity contribution >= 4 is 11.9 Å². The zero-order valence-electron chi connectivity index (χ0n) is 15.2. The maximum absolute atomic E-state index is 12.9. The van der Waals surface area contributed by atoms with Crippen LogP contribution in [0.2, 0.25) is 0 Å². The number of rotatable bonds is 9. The van der Waals surface area contributed by atoms with E-state index in [1.165, 1.54) is 0 Å². The van der Waals surface area contributed by atoms with Crippen molar-refractivity contribution in [2.75, 3.05) is 20.3 Å². The maximum Gasteiger partial charge on any atom is 0.315 e. The largest absolute Gasteiger partial charge is 0.481 e. The van der Waals surface area contributed by atoms with Gasteiger partial charge < -0.3 is 15.2 Å². The molecule has 1 fully saturated rings. The molecule has 2 rings (SSSR count). The first-order valence-corrected chi connectivity index (χ1v) is 9.07. The van der Waals surface area contributed by atoms with E-state index in [1.807, 2.05) is 37.3 Å². The van der Waals surface area contributed by atoms with Crippen molar-refractivity contribution < 1.29 is 19.4 Å². The molecule has 1 aliphatic rings. The summed E-state index contributed by atoms with van der Waals surface area (Å²) in [4.78, 5) is 25.0. The molecule has 25 heavy (non-hydrogen) atoms. The van der Waals surface area contributed by atoms with Crippen LogP contribution in [0.15, 0.2) is 30.3 Å². The molecule has 0 radical (unpaired) electrons. The van der Waals surface area contributed by atoms with Crippen molar-refractivity contribution in [1.29, 1.82) is 0 Å². The Morgan fingerprint density at radius 2 is 1.88 bits per heavy atom. The van der Waals surface area contributed by atoms with Gasteiger partial charge in [0.05, 0.1) is 5.41 Å². The summed E-state index contributed by atoms with van der Waals surface area (Å²) in [5, 5.41) is 12.9. The van der Waals surface area contributed by atoms with Gasteiger partial charge in [-0.05, 0) is 31.2 Å². The normalized spacial score (nSPS) is 18.5. The Hall–Kier alpha value is -1.88. The van der Waals surface area contributed by atoms with Gasteiger partial charge in [-0.25, -0.2) is 0 Å². The Labute approximate surface area is 149 Å². The standard InChI is InChI=1S/C20H29NO4/c1-3-20(18(23)24,16-9-5-4-6-10-16)15-21-17(22)19(13-14-25-2)11-7-8-12-19/h4-6,9-10H,3,7-8,11-15H2,1-2H3,(H,21,22)(H,23,24). The number of carboxylic acid groups (broad SMARTS) is 1. The van der Waals surface area contributed by atoms with Crippen molar-refractivity contribution in [2.45, 2.75) is 50.9 Å². The fraction of sp³-hybridized carbons (Fsp3) is 0.600. The van der Waals surface area contributed by atoms with Gasteiger partial charge in [-0.1, -0.05) is 50.1 Å². The van der Waals surface area contributed by atoms with Crippen LogP contribution >= 0.6 is 0 Å². The number of benzene rings is 1. The fourth-order valence-corrected chi connectivity index (χ4v) is 3.90. The fourth-order valence-electron chi connectivity index (χ4n) is 3.90. The minimum absolute atomic E-state index is 0.0305. The highest BCUT2D eigenvalue weighted by Crippen LogP contribution is 2.41. The van der Waals surface area contributed by atoms with E-state index in [2.05, 4.69) is 5.32 Å². The van der Waals surface area contributed by atoms with Gasteiger partial charge in [-0.3, -0.25) is 9.59 Å². The molecule has 2 N–H and O–H groups in total. The first-order chi connectivity index (χ1) is 12.0. The van der Waals surface area contributed by atoms with E-state index in [0.717, 1.165) is 31.2 Å². The number of carbonyl (C=O) groups excluding carboxylic acids is 1. The Morgan fingerprint density at radius 3 is 2.40 bits per heavy atom. The lowest BCUT2D eigenvalue weighted by Crippen LogP contribution is -2.50. The highest BCUT2D eigenvalue weighted by Gasteiger charge is 2.44. The molecule has 0 bridgehead atoms. The number of methoxy groups -OCH3 is 1. The highest BCUT2D eigenvalue weighted by molar-refractivity contribution is 5.86. The Balaban J connectivity index is 2.17. The van der Waals surface area contributed by atoms with Crippen molar-refractivity contribution in [3.05, 3.63) is 35.9 Å². The molecule has 1 amide bonds. The maximum atomic E-state index is 12.9. The molecule has 1 unspecified atom stereocenters. The highest BCUT2D eigenvalue weighted by atomic mass is 16.5. The second-order valence-electron chi connectivity index (χ2n) is 7.02. The molecule has 0 aromatic heterocycles. The van der Waals surface area contributed by atoms with Gasteiger partial charge in [0.1, 0.15) is 5.41 Å². The molecule has 5 heteroatoms. The number of carboxylic acids is 1. The van der Waals surface area contributed by atoms with E-state index in [-0.39, 0.29) is 12.5 Å². The summed E-state index contributed by atoms with van der Waals surface area (Å²) in [6.45, 7) is 2.50. The topological polar surface area (TPSA) is 75.6 Å². The van der Waals surface area contributed by atoms with Crippen molar-refractivity contribution in [2.24, 2.45) is 5.41 Å². The number of hydrogen-bond acceptors (Lipinski definition) is 3. The van der Waals surface area contributed by atoms with Crippen LogP contribution in [0.25, 0.3) is 0 Å². The van der Waals surface area contributed by atoms with Crippen molar-refractivity contribution in [3.63, 3.8) is 0 Å². The van der Waals surface area contributed by atoms with E-state index >= 15 is 0 Å². The Kier molecular flexibility index (Phi) is 6.59.